The fraction of sp³-hybridized carbons (Fsp3) is 0.917. The topological polar surface area (TPSA) is 58.4 Å². The molecule has 0 saturated carbocycles. The van der Waals surface area contributed by atoms with Gasteiger partial charge in [-0.25, -0.2) is 0 Å². The molecule has 0 aromatic heterocycles. The van der Waals surface area contributed by atoms with Crippen LogP contribution in [0.2, 0.25) is 0 Å². The van der Waals surface area contributed by atoms with E-state index in [1.165, 1.54) is 0 Å². The second-order valence-corrected chi connectivity index (χ2v) is 4.62. The highest BCUT2D eigenvalue weighted by atomic mass is 16.2. The number of rotatable bonds is 8. The number of hydrogen-bond acceptors (Lipinski definition) is 3. The van der Waals surface area contributed by atoms with Gasteiger partial charge in [0.15, 0.2) is 0 Å². The lowest BCUT2D eigenvalue weighted by Crippen LogP contribution is -2.42. The molecule has 0 spiro atoms. The molecule has 16 heavy (non-hydrogen) atoms. The van der Waals surface area contributed by atoms with Crippen LogP contribution in [0.3, 0.4) is 0 Å². The molecule has 0 aromatic rings. The lowest BCUT2D eigenvalue weighted by atomic mass is 10.1. The van der Waals surface area contributed by atoms with Crippen LogP contribution >= 0.6 is 0 Å². The predicted molar refractivity (Wildman–Crippen MR) is 68.2 cm³/mol. The van der Waals surface area contributed by atoms with Crippen LogP contribution in [0.25, 0.3) is 0 Å². The lowest BCUT2D eigenvalue weighted by Gasteiger charge is -2.21. The van der Waals surface area contributed by atoms with E-state index >= 15 is 0 Å². The van der Waals surface area contributed by atoms with Crippen molar-refractivity contribution >= 4 is 5.91 Å². The molecule has 1 atom stereocenters. The summed E-state index contributed by atoms with van der Waals surface area (Å²) < 4.78 is 0. The van der Waals surface area contributed by atoms with Gasteiger partial charge < -0.3 is 11.1 Å². The molecule has 0 bridgehead atoms. The minimum Gasteiger partial charge on any atom is -0.352 e. The summed E-state index contributed by atoms with van der Waals surface area (Å²) in [6, 6.07) is 0.313. The molecule has 4 nitrogen and oxygen atoms in total. The van der Waals surface area contributed by atoms with Gasteiger partial charge in [0.2, 0.25) is 5.91 Å². The Balaban J connectivity index is 3.85. The minimum atomic E-state index is 0.112. The van der Waals surface area contributed by atoms with E-state index in [2.05, 4.69) is 26.1 Å². The number of likely N-dealkylation sites (N-methyl/N-ethyl adjacent to an activating group) is 1. The average molecular weight is 229 g/mol. The third-order valence-corrected chi connectivity index (χ3v) is 2.79. The highest BCUT2D eigenvalue weighted by Crippen LogP contribution is 1.98. The minimum absolute atomic E-state index is 0.112. The van der Waals surface area contributed by atoms with Gasteiger partial charge in [-0.1, -0.05) is 20.8 Å². The molecule has 0 aromatic carbocycles. The average Bonchev–Trinajstić information content (AvgIpc) is 2.25. The summed E-state index contributed by atoms with van der Waals surface area (Å²) in [4.78, 5) is 13.7. The van der Waals surface area contributed by atoms with E-state index in [9.17, 15) is 4.79 Å². The van der Waals surface area contributed by atoms with Crippen LogP contribution in [0.5, 0.6) is 0 Å². The first-order valence-corrected chi connectivity index (χ1v) is 6.21. The first-order valence-electron chi connectivity index (χ1n) is 6.21. The van der Waals surface area contributed by atoms with Crippen molar-refractivity contribution in [2.24, 2.45) is 11.7 Å². The quantitative estimate of drug-likeness (QED) is 0.648. The van der Waals surface area contributed by atoms with Gasteiger partial charge in [-0.15, -0.1) is 0 Å². The molecule has 3 N–H and O–H groups in total. The van der Waals surface area contributed by atoms with E-state index in [1.807, 2.05) is 11.9 Å². The normalized spacial score (nSPS) is 13.2. The summed E-state index contributed by atoms with van der Waals surface area (Å²) in [6.07, 6.45) is 1.98. The van der Waals surface area contributed by atoms with E-state index in [-0.39, 0.29) is 5.91 Å². The van der Waals surface area contributed by atoms with Gasteiger partial charge >= 0.3 is 0 Å². The van der Waals surface area contributed by atoms with Gasteiger partial charge in [0.05, 0.1) is 6.54 Å². The van der Waals surface area contributed by atoms with Crippen LogP contribution in [0.4, 0.5) is 0 Å². The van der Waals surface area contributed by atoms with Crippen LogP contribution in [0, 0.1) is 5.92 Å². The molecule has 0 fully saturated rings. The van der Waals surface area contributed by atoms with Gasteiger partial charge in [0.25, 0.3) is 0 Å². The summed E-state index contributed by atoms with van der Waals surface area (Å²) in [5.41, 5.74) is 5.55. The van der Waals surface area contributed by atoms with Gasteiger partial charge in [0, 0.05) is 12.6 Å². The second kappa shape index (κ2) is 8.53. The van der Waals surface area contributed by atoms with Crippen molar-refractivity contribution in [3.8, 4) is 0 Å². The Morgan fingerprint density at radius 1 is 1.38 bits per heavy atom. The van der Waals surface area contributed by atoms with Crippen LogP contribution in [0.1, 0.15) is 33.6 Å². The Hall–Kier alpha value is -0.610. The van der Waals surface area contributed by atoms with Gasteiger partial charge in [-0.3, -0.25) is 9.69 Å². The molecule has 4 heteroatoms. The van der Waals surface area contributed by atoms with Crippen molar-refractivity contribution < 1.29 is 4.79 Å². The maximum atomic E-state index is 11.7. The van der Waals surface area contributed by atoms with Gasteiger partial charge in [-0.2, -0.15) is 0 Å². The molecule has 0 saturated heterocycles. The maximum Gasteiger partial charge on any atom is 0.234 e. The number of hydrogen-bond donors (Lipinski definition) is 2. The number of carbonyl (C=O) groups is 1. The fourth-order valence-electron chi connectivity index (χ4n) is 1.68. The van der Waals surface area contributed by atoms with E-state index in [0.29, 0.717) is 25.0 Å². The Bertz CT molecular complexity index is 193. The summed E-state index contributed by atoms with van der Waals surface area (Å²) in [5.74, 6) is 0.548. The molecular formula is C12H27N3O. The van der Waals surface area contributed by atoms with Crippen LogP contribution < -0.4 is 11.1 Å². The second-order valence-electron chi connectivity index (χ2n) is 4.62. The number of nitrogens with two attached hydrogens (primary N) is 1. The molecule has 0 aliphatic heterocycles. The molecule has 0 rings (SSSR count). The molecule has 0 aliphatic rings. The number of carbonyl (C=O) groups excluding carboxylic acids is 1. The zero-order valence-electron chi connectivity index (χ0n) is 11.1. The first-order chi connectivity index (χ1) is 7.53. The zero-order chi connectivity index (χ0) is 12.6. The van der Waals surface area contributed by atoms with E-state index in [4.69, 9.17) is 5.73 Å². The van der Waals surface area contributed by atoms with Crippen molar-refractivity contribution in [1.82, 2.24) is 10.2 Å². The number of nitrogens with zero attached hydrogens (tertiary/aromatic N) is 1. The fourth-order valence-corrected chi connectivity index (χ4v) is 1.68. The van der Waals surface area contributed by atoms with Gasteiger partial charge in [-0.05, 0) is 32.4 Å². The largest absolute Gasteiger partial charge is 0.352 e. The number of amides is 1. The maximum absolute atomic E-state index is 11.7. The number of nitrogens with one attached hydrogen (secondary N) is 1. The monoisotopic (exact) mass is 229 g/mol. The van der Waals surface area contributed by atoms with Crippen LogP contribution in [-0.2, 0) is 4.79 Å². The van der Waals surface area contributed by atoms with Gasteiger partial charge in [0.1, 0.15) is 0 Å². The van der Waals surface area contributed by atoms with Crippen molar-refractivity contribution in [3.63, 3.8) is 0 Å². The Morgan fingerprint density at radius 2 is 1.94 bits per heavy atom. The Morgan fingerprint density at radius 3 is 2.38 bits per heavy atom. The molecule has 0 heterocycles. The zero-order valence-corrected chi connectivity index (χ0v) is 11.1. The standard InChI is InChI=1S/C12H27N3O/c1-5-11(6-2)14-12(16)9-15(4)8-10(3)7-13/h10-11H,5-9,13H2,1-4H3,(H,14,16). The molecule has 1 unspecified atom stereocenters. The van der Waals surface area contributed by atoms with E-state index in [0.717, 1.165) is 19.4 Å². The molecule has 0 aliphatic carbocycles. The van der Waals surface area contributed by atoms with Crippen LogP contribution in [0.15, 0.2) is 0 Å². The summed E-state index contributed by atoms with van der Waals surface area (Å²) in [6.45, 7) is 8.27. The summed E-state index contributed by atoms with van der Waals surface area (Å²) in [7, 11) is 1.96. The highest BCUT2D eigenvalue weighted by molar-refractivity contribution is 5.78. The molecule has 0 radical (unpaired) electrons. The Kier molecular flexibility index (Phi) is 8.21. The van der Waals surface area contributed by atoms with Crippen molar-refractivity contribution in [2.45, 2.75) is 39.7 Å². The SMILES string of the molecule is CCC(CC)NC(=O)CN(C)CC(C)CN. The molecular weight excluding hydrogens is 202 g/mol. The van der Waals surface area contributed by atoms with Crippen molar-refractivity contribution in [3.05, 3.63) is 0 Å². The van der Waals surface area contributed by atoms with Crippen LogP contribution in [-0.4, -0.2) is 43.5 Å². The lowest BCUT2D eigenvalue weighted by molar-refractivity contribution is -0.122. The third-order valence-electron chi connectivity index (χ3n) is 2.79. The van der Waals surface area contributed by atoms with Crippen molar-refractivity contribution in [2.75, 3.05) is 26.7 Å². The molecule has 96 valence electrons. The summed E-state index contributed by atoms with van der Waals surface area (Å²) >= 11 is 0. The van der Waals surface area contributed by atoms with E-state index in [1.54, 1.807) is 0 Å². The summed E-state index contributed by atoms with van der Waals surface area (Å²) in [5, 5.41) is 3.03. The van der Waals surface area contributed by atoms with E-state index < -0.39 is 0 Å². The molecule has 1 amide bonds. The van der Waals surface area contributed by atoms with Crippen molar-refractivity contribution in [1.29, 1.82) is 0 Å². The smallest absolute Gasteiger partial charge is 0.234 e. The first kappa shape index (κ1) is 15.4. The predicted octanol–water partition coefficient (Wildman–Crippen LogP) is 0.818. The third kappa shape index (κ3) is 6.80. The highest BCUT2D eigenvalue weighted by Gasteiger charge is 2.12. The Labute approximate surface area is 99.6 Å².